The smallest absolute Gasteiger partial charge is 0.143 e. The van der Waals surface area contributed by atoms with Crippen molar-refractivity contribution in [3.05, 3.63) is 128 Å². The Labute approximate surface area is 261 Å². The number of benzene rings is 6. The summed E-state index contributed by atoms with van der Waals surface area (Å²) in [6.07, 6.45) is 3.08. The highest BCUT2D eigenvalue weighted by atomic mass is 35.5. The molecule has 0 radical (unpaired) electrons. The Morgan fingerprint density at radius 2 is 0.905 bits per heavy atom. The first-order valence-corrected chi connectivity index (χ1v) is 14.3. The van der Waals surface area contributed by atoms with Crippen LogP contribution < -0.4 is 0 Å². The van der Waals surface area contributed by atoms with E-state index in [0.29, 0.717) is 32.5 Å². The predicted octanol–water partition coefficient (Wildman–Crippen LogP) is 11.2. The van der Waals surface area contributed by atoms with Gasteiger partial charge in [-0.3, -0.25) is 9.98 Å². The summed E-state index contributed by atoms with van der Waals surface area (Å²) in [5, 5.41) is 26.1. The summed E-state index contributed by atoms with van der Waals surface area (Å²) < 4.78 is 0. The average Bonchev–Trinajstić information content (AvgIpc) is 2.98. The highest BCUT2D eigenvalue weighted by Crippen LogP contribution is 2.46. The Bertz CT molecular complexity index is 1920. The second-order valence-corrected chi connectivity index (χ2v) is 11.2. The average molecular weight is 630 g/mol. The number of phenols is 2. The van der Waals surface area contributed by atoms with E-state index >= 15 is 0 Å². The fourth-order valence-electron chi connectivity index (χ4n) is 4.91. The summed E-state index contributed by atoms with van der Waals surface area (Å²) in [5.41, 5.74) is 3.74. The summed E-state index contributed by atoms with van der Waals surface area (Å²) in [6, 6.07) is 30.1. The van der Waals surface area contributed by atoms with Crippen LogP contribution in [0, 0.1) is 0 Å². The molecule has 6 aromatic rings. The number of hydrogen-bond donors (Lipinski definition) is 2. The van der Waals surface area contributed by atoms with Gasteiger partial charge in [-0.2, -0.15) is 0 Å². The Hall–Kier alpha value is -4.06. The lowest BCUT2D eigenvalue weighted by molar-refractivity contribution is 0.474. The predicted molar refractivity (Wildman–Crippen MR) is 178 cm³/mol. The third-order valence-corrected chi connectivity index (χ3v) is 7.88. The SMILES string of the molecule is Oc1c(Cl)cc(Cl)cc1C=Nc1ccc2ccccc2c1-c1c(N=Cc2cc(Cl)cc(Cl)c2O)ccc2ccccc12. The van der Waals surface area contributed by atoms with Gasteiger partial charge in [-0.05, 0) is 57.9 Å². The number of rotatable bonds is 5. The summed E-state index contributed by atoms with van der Waals surface area (Å²) in [4.78, 5) is 9.64. The van der Waals surface area contributed by atoms with E-state index in [1.807, 2.05) is 72.8 Å². The molecule has 8 heteroatoms. The molecule has 0 bridgehead atoms. The summed E-state index contributed by atoms with van der Waals surface area (Å²) in [6.45, 7) is 0. The minimum atomic E-state index is -0.109. The fourth-order valence-corrected chi connectivity index (χ4v) is 5.93. The summed E-state index contributed by atoms with van der Waals surface area (Å²) in [7, 11) is 0. The zero-order chi connectivity index (χ0) is 29.4. The Morgan fingerprint density at radius 1 is 0.500 bits per heavy atom. The van der Waals surface area contributed by atoms with Crippen molar-refractivity contribution >= 4 is 91.8 Å². The van der Waals surface area contributed by atoms with E-state index in [9.17, 15) is 10.2 Å². The molecule has 0 aliphatic carbocycles. The van der Waals surface area contributed by atoms with Gasteiger partial charge in [-0.1, -0.05) is 107 Å². The standard InChI is InChI=1S/C34H20Cl4N2O2/c35-23-13-21(33(41)27(37)15-23)17-39-29-11-9-19-5-1-3-7-25(19)31(29)32-26-8-4-2-6-20(26)10-12-30(32)40-18-22-14-24(36)16-28(38)34(22)42/h1-18,41-42H. The maximum atomic E-state index is 10.5. The van der Waals surface area contributed by atoms with Gasteiger partial charge in [0.05, 0.1) is 21.4 Å². The number of fused-ring (bicyclic) bond motifs is 2. The summed E-state index contributed by atoms with van der Waals surface area (Å²) >= 11 is 24.7. The fraction of sp³-hybridized carbons (Fsp3) is 0. The molecule has 0 aromatic heterocycles. The molecular formula is C34H20Cl4N2O2. The molecule has 42 heavy (non-hydrogen) atoms. The Balaban J connectivity index is 1.63. The van der Waals surface area contributed by atoms with E-state index in [4.69, 9.17) is 56.4 Å². The van der Waals surface area contributed by atoms with E-state index in [2.05, 4.69) is 0 Å². The maximum Gasteiger partial charge on any atom is 0.143 e. The topological polar surface area (TPSA) is 65.2 Å². The van der Waals surface area contributed by atoms with E-state index in [1.165, 1.54) is 12.1 Å². The highest BCUT2D eigenvalue weighted by Gasteiger charge is 2.17. The minimum absolute atomic E-state index is 0.109. The zero-order valence-corrected chi connectivity index (χ0v) is 24.7. The molecule has 0 amide bonds. The molecule has 6 rings (SSSR count). The van der Waals surface area contributed by atoms with Crippen LogP contribution in [-0.4, -0.2) is 22.6 Å². The number of hydrogen-bond acceptors (Lipinski definition) is 4. The molecule has 2 N–H and O–H groups in total. The number of nitrogens with zero attached hydrogens (tertiary/aromatic N) is 2. The monoisotopic (exact) mass is 628 g/mol. The normalized spacial score (nSPS) is 11.8. The van der Waals surface area contributed by atoms with Gasteiger partial charge in [0.1, 0.15) is 11.5 Å². The molecule has 0 fully saturated rings. The molecule has 0 spiro atoms. The van der Waals surface area contributed by atoms with Crippen molar-refractivity contribution in [1.82, 2.24) is 0 Å². The molecule has 0 saturated heterocycles. The van der Waals surface area contributed by atoms with E-state index in [1.54, 1.807) is 24.6 Å². The van der Waals surface area contributed by atoms with Crippen LogP contribution in [0.5, 0.6) is 11.5 Å². The van der Waals surface area contributed by atoms with Crippen molar-refractivity contribution in [2.24, 2.45) is 9.98 Å². The number of halogens is 4. The van der Waals surface area contributed by atoms with Crippen LogP contribution >= 0.6 is 46.4 Å². The lowest BCUT2D eigenvalue weighted by Crippen LogP contribution is -1.90. The lowest BCUT2D eigenvalue weighted by atomic mass is 9.91. The molecule has 0 aliphatic heterocycles. The minimum Gasteiger partial charge on any atom is -0.506 e. The Kier molecular flexibility index (Phi) is 7.80. The third-order valence-electron chi connectivity index (χ3n) is 6.86. The largest absolute Gasteiger partial charge is 0.506 e. The second kappa shape index (κ2) is 11.7. The van der Waals surface area contributed by atoms with Crippen LogP contribution in [0.3, 0.4) is 0 Å². The molecule has 4 nitrogen and oxygen atoms in total. The van der Waals surface area contributed by atoms with Crippen LogP contribution in [0.2, 0.25) is 20.1 Å². The molecule has 0 atom stereocenters. The quantitative estimate of drug-likeness (QED) is 0.186. The van der Waals surface area contributed by atoms with Crippen molar-refractivity contribution in [1.29, 1.82) is 0 Å². The van der Waals surface area contributed by atoms with Crippen LogP contribution in [0.4, 0.5) is 11.4 Å². The lowest BCUT2D eigenvalue weighted by Gasteiger charge is -2.16. The molecular weight excluding hydrogens is 610 g/mol. The molecule has 0 heterocycles. The van der Waals surface area contributed by atoms with Crippen LogP contribution in [0.15, 0.2) is 107 Å². The number of aromatic hydroxyl groups is 2. The highest BCUT2D eigenvalue weighted by molar-refractivity contribution is 6.36. The first kappa shape index (κ1) is 28.1. The first-order chi connectivity index (χ1) is 20.3. The van der Waals surface area contributed by atoms with Crippen LogP contribution in [0.1, 0.15) is 11.1 Å². The van der Waals surface area contributed by atoms with Gasteiger partial charge in [0.25, 0.3) is 0 Å². The second-order valence-electron chi connectivity index (χ2n) is 9.53. The van der Waals surface area contributed by atoms with Gasteiger partial charge in [-0.25, -0.2) is 0 Å². The molecule has 0 aliphatic rings. The van der Waals surface area contributed by atoms with Crippen molar-refractivity contribution < 1.29 is 10.2 Å². The molecule has 6 aromatic carbocycles. The van der Waals surface area contributed by atoms with Crippen molar-refractivity contribution in [2.75, 3.05) is 0 Å². The van der Waals surface area contributed by atoms with Gasteiger partial charge < -0.3 is 10.2 Å². The van der Waals surface area contributed by atoms with Gasteiger partial charge in [-0.15, -0.1) is 0 Å². The van der Waals surface area contributed by atoms with Crippen LogP contribution in [0.25, 0.3) is 32.7 Å². The molecule has 206 valence electrons. The third kappa shape index (κ3) is 5.42. The summed E-state index contributed by atoms with van der Waals surface area (Å²) in [5.74, 6) is -0.217. The number of aliphatic imine (C=N–C) groups is 2. The van der Waals surface area contributed by atoms with Crippen molar-refractivity contribution in [2.45, 2.75) is 0 Å². The van der Waals surface area contributed by atoms with Crippen molar-refractivity contribution in [3.63, 3.8) is 0 Å². The van der Waals surface area contributed by atoms with E-state index in [-0.39, 0.29) is 21.5 Å². The molecule has 0 unspecified atom stereocenters. The van der Waals surface area contributed by atoms with Gasteiger partial charge >= 0.3 is 0 Å². The number of phenolic OH excluding ortho intramolecular Hbond substituents is 2. The van der Waals surface area contributed by atoms with Gasteiger partial charge in [0.15, 0.2) is 0 Å². The Morgan fingerprint density at radius 3 is 1.33 bits per heavy atom. The zero-order valence-electron chi connectivity index (χ0n) is 21.7. The van der Waals surface area contributed by atoms with Gasteiger partial charge in [0, 0.05) is 44.7 Å². The van der Waals surface area contributed by atoms with Crippen LogP contribution in [-0.2, 0) is 0 Å². The molecule has 0 saturated carbocycles. The van der Waals surface area contributed by atoms with E-state index in [0.717, 1.165) is 32.7 Å². The van der Waals surface area contributed by atoms with Crippen molar-refractivity contribution in [3.8, 4) is 22.6 Å². The van der Waals surface area contributed by atoms with Gasteiger partial charge in [0.2, 0.25) is 0 Å². The first-order valence-electron chi connectivity index (χ1n) is 12.8. The maximum absolute atomic E-state index is 10.5. The van der Waals surface area contributed by atoms with E-state index < -0.39 is 0 Å².